The highest BCUT2D eigenvalue weighted by Crippen LogP contribution is 2.31. The van der Waals surface area contributed by atoms with Crippen molar-refractivity contribution >= 4 is 52.2 Å². The van der Waals surface area contributed by atoms with Gasteiger partial charge in [0.2, 0.25) is 0 Å². The van der Waals surface area contributed by atoms with Crippen LogP contribution >= 0.6 is 11.6 Å². The van der Waals surface area contributed by atoms with Crippen LogP contribution in [0.2, 0.25) is 5.02 Å². The molecule has 0 aromatic heterocycles. The predicted molar refractivity (Wildman–Crippen MR) is 140 cm³/mol. The van der Waals surface area contributed by atoms with Gasteiger partial charge in [-0.05, 0) is 60.7 Å². The number of nitro benzene ring substituents is 1. The van der Waals surface area contributed by atoms with Gasteiger partial charge in [0.25, 0.3) is 23.4 Å². The Balaban J connectivity index is 1.39. The molecule has 0 radical (unpaired) electrons. The number of benzene rings is 4. The predicted octanol–water partition coefficient (Wildman–Crippen LogP) is 5.53. The topological polar surface area (TPSA) is 127 Å². The molecule has 38 heavy (non-hydrogen) atoms. The van der Waals surface area contributed by atoms with E-state index in [9.17, 15) is 29.3 Å². The molecule has 9 nitrogen and oxygen atoms in total. The van der Waals surface area contributed by atoms with Crippen LogP contribution in [0.1, 0.15) is 47.0 Å². The van der Waals surface area contributed by atoms with E-state index in [0.29, 0.717) is 10.6 Å². The Morgan fingerprint density at radius 1 is 0.763 bits per heavy atom. The number of fused-ring (bicyclic) bond motifs is 1. The molecule has 0 atom stereocenters. The normalized spacial score (nSPS) is 12.3. The average molecular weight is 526 g/mol. The van der Waals surface area contributed by atoms with Crippen LogP contribution in [0.5, 0.6) is 0 Å². The van der Waals surface area contributed by atoms with Gasteiger partial charge in [0.05, 0.1) is 21.7 Å². The van der Waals surface area contributed by atoms with Gasteiger partial charge < -0.3 is 5.32 Å². The van der Waals surface area contributed by atoms with Crippen LogP contribution in [0.25, 0.3) is 0 Å². The molecular weight excluding hydrogens is 510 g/mol. The van der Waals surface area contributed by atoms with Gasteiger partial charge in [-0.15, -0.1) is 0 Å². The number of halogens is 1. The molecular formula is C28H16ClN3O6. The molecule has 186 valence electrons. The number of carbonyl (C=O) groups is 4. The number of anilines is 2. The van der Waals surface area contributed by atoms with Gasteiger partial charge in [-0.2, -0.15) is 0 Å². The van der Waals surface area contributed by atoms with Crippen molar-refractivity contribution in [2.24, 2.45) is 0 Å². The molecule has 1 N–H and O–H groups in total. The Morgan fingerprint density at radius 3 is 2.18 bits per heavy atom. The average Bonchev–Trinajstić information content (AvgIpc) is 3.17. The van der Waals surface area contributed by atoms with Crippen molar-refractivity contribution < 1.29 is 24.1 Å². The van der Waals surface area contributed by atoms with E-state index in [1.807, 2.05) is 0 Å². The molecule has 4 aromatic rings. The molecule has 0 saturated carbocycles. The van der Waals surface area contributed by atoms with Gasteiger partial charge in [-0.25, -0.2) is 4.90 Å². The molecule has 0 bridgehead atoms. The zero-order valence-corrected chi connectivity index (χ0v) is 20.1. The summed E-state index contributed by atoms with van der Waals surface area (Å²) in [5.74, 6) is -2.10. The van der Waals surface area contributed by atoms with Crippen LogP contribution in [0.15, 0.2) is 91.0 Å². The molecule has 3 amide bonds. The van der Waals surface area contributed by atoms with Crippen LogP contribution in [0, 0.1) is 10.1 Å². The van der Waals surface area contributed by atoms with Crippen LogP contribution < -0.4 is 10.2 Å². The number of rotatable bonds is 6. The number of hydrogen-bond acceptors (Lipinski definition) is 6. The quantitative estimate of drug-likeness (QED) is 0.152. The van der Waals surface area contributed by atoms with Gasteiger partial charge >= 0.3 is 0 Å². The second-order valence-corrected chi connectivity index (χ2v) is 8.79. The Hall–Kier alpha value is -5.15. The van der Waals surface area contributed by atoms with Crippen molar-refractivity contribution in [3.63, 3.8) is 0 Å². The molecule has 1 heterocycles. The fourth-order valence-electron chi connectivity index (χ4n) is 4.07. The molecule has 10 heteroatoms. The highest BCUT2D eigenvalue weighted by atomic mass is 35.5. The minimum atomic E-state index is -0.618. The lowest BCUT2D eigenvalue weighted by atomic mass is 10.0. The maximum atomic E-state index is 13.2. The number of amides is 3. The lowest BCUT2D eigenvalue weighted by Crippen LogP contribution is -2.29. The second kappa shape index (κ2) is 9.72. The molecule has 0 aliphatic carbocycles. The number of nitrogens with one attached hydrogen (secondary N) is 1. The summed E-state index contributed by atoms with van der Waals surface area (Å²) < 4.78 is 0. The van der Waals surface area contributed by atoms with Crippen LogP contribution in [-0.2, 0) is 0 Å². The third-order valence-corrected chi connectivity index (χ3v) is 6.19. The number of nitro groups is 1. The van der Waals surface area contributed by atoms with Gasteiger partial charge in [-0.1, -0.05) is 29.8 Å². The highest BCUT2D eigenvalue weighted by Gasteiger charge is 2.37. The molecule has 4 aromatic carbocycles. The summed E-state index contributed by atoms with van der Waals surface area (Å²) in [6, 6.07) is 22.0. The second-order valence-electron chi connectivity index (χ2n) is 8.35. The Bertz CT molecular complexity index is 1670. The van der Waals surface area contributed by atoms with Gasteiger partial charge in [-0.3, -0.25) is 29.3 Å². The van der Waals surface area contributed by atoms with E-state index in [1.165, 1.54) is 42.5 Å². The first-order valence-electron chi connectivity index (χ1n) is 11.2. The fraction of sp³-hybridized carbons (Fsp3) is 0. The molecule has 0 fully saturated rings. The van der Waals surface area contributed by atoms with E-state index in [4.69, 9.17) is 11.6 Å². The van der Waals surface area contributed by atoms with Crippen molar-refractivity contribution in [1.29, 1.82) is 0 Å². The molecule has 0 saturated heterocycles. The summed E-state index contributed by atoms with van der Waals surface area (Å²) in [6.07, 6.45) is 0. The minimum Gasteiger partial charge on any atom is -0.322 e. The summed E-state index contributed by atoms with van der Waals surface area (Å²) in [7, 11) is 0. The zero-order chi connectivity index (χ0) is 27.0. The third kappa shape index (κ3) is 4.54. The number of ketones is 1. The Morgan fingerprint density at radius 2 is 1.45 bits per heavy atom. The standard InChI is InChI=1S/C28H16ClN3O6/c29-19-9-7-16(8-10-19)25(33)17-3-1-5-21(13-17)31-27(35)23-12-11-20(15-24(23)28(31)36)30-26(34)18-4-2-6-22(14-18)32(37)38/h1-15H,(H,30,34). The number of nitrogens with zero attached hydrogens (tertiary/aromatic N) is 2. The molecule has 5 rings (SSSR count). The largest absolute Gasteiger partial charge is 0.322 e. The fourth-order valence-corrected chi connectivity index (χ4v) is 4.20. The van der Waals surface area contributed by atoms with E-state index in [0.717, 1.165) is 11.0 Å². The maximum absolute atomic E-state index is 13.2. The summed E-state index contributed by atoms with van der Waals surface area (Å²) in [5, 5.41) is 14.1. The van der Waals surface area contributed by atoms with E-state index < -0.39 is 22.6 Å². The van der Waals surface area contributed by atoms with E-state index in [-0.39, 0.29) is 45.1 Å². The van der Waals surface area contributed by atoms with Crippen molar-refractivity contribution in [3.8, 4) is 0 Å². The molecule has 1 aliphatic heterocycles. The summed E-state index contributed by atoms with van der Waals surface area (Å²) in [5.41, 5.74) is 1.17. The van der Waals surface area contributed by atoms with Crippen molar-refractivity contribution in [1.82, 2.24) is 0 Å². The monoisotopic (exact) mass is 525 g/mol. The summed E-state index contributed by atoms with van der Waals surface area (Å²) in [4.78, 5) is 63.2. The van der Waals surface area contributed by atoms with Crippen LogP contribution in [0.3, 0.4) is 0 Å². The van der Waals surface area contributed by atoms with Gasteiger partial charge in [0, 0.05) is 39.5 Å². The Labute approximate surface area is 220 Å². The van der Waals surface area contributed by atoms with Crippen LogP contribution in [0.4, 0.5) is 17.1 Å². The molecule has 0 unspecified atom stereocenters. The number of non-ortho nitro benzene ring substituents is 1. The number of carbonyl (C=O) groups excluding carboxylic acids is 4. The first-order valence-corrected chi connectivity index (χ1v) is 11.6. The minimum absolute atomic E-state index is 0.0610. The van der Waals surface area contributed by atoms with Crippen LogP contribution in [-0.4, -0.2) is 28.4 Å². The number of hydrogen-bond donors (Lipinski definition) is 1. The first kappa shape index (κ1) is 24.5. The highest BCUT2D eigenvalue weighted by molar-refractivity contribution is 6.35. The van der Waals surface area contributed by atoms with Gasteiger partial charge in [0.15, 0.2) is 5.78 Å². The van der Waals surface area contributed by atoms with Gasteiger partial charge in [0.1, 0.15) is 0 Å². The van der Waals surface area contributed by atoms with E-state index >= 15 is 0 Å². The summed E-state index contributed by atoms with van der Waals surface area (Å²) in [6.45, 7) is 0. The SMILES string of the molecule is O=C(Nc1ccc2c(c1)C(=O)N(c1cccc(C(=O)c3ccc(Cl)cc3)c1)C2=O)c1cccc([N+](=O)[O-])c1. The van der Waals surface area contributed by atoms with Crippen molar-refractivity contribution in [2.75, 3.05) is 10.2 Å². The molecule has 1 aliphatic rings. The summed E-state index contributed by atoms with van der Waals surface area (Å²) >= 11 is 5.90. The lowest BCUT2D eigenvalue weighted by molar-refractivity contribution is -0.384. The van der Waals surface area contributed by atoms with E-state index in [1.54, 1.807) is 42.5 Å². The van der Waals surface area contributed by atoms with Crippen molar-refractivity contribution in [3.05, 3.63) is 134 Å². The maximum Gasteiger partial charge on any atom is 0.270 e. The lowest BCUT2D eigenvalue weighted by Gasteiger charge is -2.15. The smallest absolute Gasteiger partial charge is 0.270 e. The zero-order valence-electron chi connectivity index (χ0n) is 19.4. The molecule has 0 spiro atoms. The van der Waals surface area contributed by atoms with Crippen molar-refractivity contribution in [2.45, 2.75) is 0 Å². The number of imide groups is 1. The third-order valence-electron chi connectivity index (χ3n) is 5.94. The van der Waals surface area contributed by atoms with E-state index in [2.05, 4.69) is 5.32 Å². The Kier molecular flexibility index (Phi) is 6.28. The first-order chi connectivity index (χ1) is 18.2.